The Morgan fingerprint density at radius 3 is 2.62 bits per heavy atom. The van der Waals surface area contributed by atoms with E-state index in [1.807, 2.05) is 12.1 Å². The Hall–Kier alpha value is -2.71. The fraction of sp³-hybridized carbons (Fsp3) is 0.333. The van der Waals surface area contributed by atoms with E-state index in [0.29, 0.717) is 12.1 Å². The van der Waals surface area contributed by atoms with Gasteiger partial charge in [0.15, 0.2) is 5.82 Å². The van der Waals surface area contributed by atoms with E-state index in [-0.39, 0.29) is 18.1 Å². The zero-order valence-corrected chi connectivity index (χ0v) is 12.3. The van der Waals surface area contributed by atoms with Gasteiger partial charge in [-0.3, -0.25) is 0 Å². The van der Waals surface area contributed by atoms with Gasteiger partial charge in [0, 0.05) is 17.7 Å². The summed E-state index contributed by atoms with van der Waals surface area (Å²) in [5, 5.41) is 11.3. The van der Waals surface area contributed by atoms with Crippen LogP contribution in [0.25, 0.3) is 11.5 Å². The Balaban J connectivity index is 1.47. The predicted octanol–water partition coefficient (Wildman–Crippen LogP) is 3.04. The van der Waals surface area contributed by atoms with Crippen LogP contribution in [0, 0.1) is 5.92 Å². The normalized spacial score (nSPS) is 20.3. The monoisotopic (exact) mass is 335 g/mol. The number of nitrogens with zero attached hydrogens (tertiary/aromatic N) is 5. The highest BCUT2D eigenvalue weighted by Crippen LogP contribution is 2.55. The first-order chi connectivity index (χ1) is 11.5. The number of hydrogen-bond donors (Lipinski definition) is 0. The first-order valence-corrected chi connectivity index (χ1v) is 7.34. The first-order valence-electron chi connectivity index (χ1n) is 7.34. The fourth-order valence-electron chi connectivity index (χ4n) is 2.60. The summed E-state index contributed by atoms with van der Waals surface area (Å²) >= 11 is 0. The molecule has 9 heteroatoms. The van der Waals surface area contributed by atoms with Gasteiger partial charge in [0.2, 0.25) is 0 Å². The van der Waals surface area contributed by atoms with Crippen LogP contribution in [0.3, 0.4) is 0 Å². The van der Waals surface area contributed by atoms with E-state index in [1.165, 1.54) is 0 Å². The highest BCUT2D eigenvalue weighted by molar-refractivity contribution is 5.53. The summed E-state index contributed by atoms with van der Waals surface area (Å²) in [6, 6.07) is 7.32. The summed E-state index contributed by atoms with van der Waals surface area (Å²) in [5.74, 6) is -1.69. The molecular formula is C15H12F3N5O. The van der Waals surface area contributed by atoms with E-state index in [4.69, 9.17) is 4.52 Å². The molecule has 124 valence electrons. The Labute approximate surface area is 134 Å². The maximum atomic E-state index is 12.6. The van der Waals surface area contributed by atoms with Crippen LogP contribution in [-0.4, -0.2) is 31.3 Å². The Bertz CT molecular complexity index is 826. The standard InChI is InChI=1S/C15H12F3N5O/c16-15(17,18)12-7-11(12)13-20-14(24-21-13)10-3-1-9(2-4-10)8-23-6-5-19-22-23/h1-6,11-12H,7-8H2/t11-,12-/m1/s1. The summed E-state index contributed by atoms with van der Waals surface area (Å²) in [6.07, 6.45) is -0.820. The quantitative estimate of drug-likeness (QED) is 0.733. The Morgan fingerprint density at radius 2 is 2.00 bits per heavy atom. The van der Waals surface area contributed by atoms with Gasteiger partial charge < -0.3 is 4.52 Å². The SMILES string of the molecule is FC(F)(F)[C@@H]1C[C@H]1c1noc(-c2ccc(Cn3ccnn3)cc2)n1. The molecule has 4 rings (SSSR count). The lowest BCUT2D eigenvalue weighted by Gasteiger charge is -2.02. The first kappa shape index (κ1) is 14.9. The highest BCUT2D eigenvalue weighted by Gasteiger charge is 2.58. The van der Waals surface area contributed by atoms with E-state index < -0.39 is 18.0 Å². The number of rotatable bonds is 4. The average Bonchev–Trinajstić information content (AvgIpc) is 2.97. The van der Waals surface area contributed by atoms with E-state index in [2.05, 4.69) is 20.5 Å². The van der Waals surface area contributed by atoms with Gasteiger partial charge in [-0.05, 0) is 24.1 Å². The van der Waals surface area contributed by atoms with Crippen molar-refractivity contribution in [3.05, 3.63) is 48.0 Å². The minimum absolute atomic E-state index is 0.0271. The van der Waals surface area contributed by atoms with Gasteiger partial charge >= 0.3 is 6.18 Å². The van der Waals surface area contributed by atoms with Crippen LogP contribution < -0.4 is 0 Å². The molecular weight excluding hydrogens is 323 g/mol. The van der Waals surface area contributed by atoms with Crippen LogP contribution in [0.5, 0.6) is 0 Å². The number of hydrogen-bond acceptors (Lipinski definition) is 5. The van der Waals surface area contributed by atoms with E-state index in [1.54, 1.807) is 29.2 Å². The molecule has 0 spiro atoms. The number of aromatic nitrogens is 5. The molecule has 0 amide bonds. The number of benzene rings is 1. The molecule has 1 fully saturated rings. The average molecular weight is 335 g/mol. The molecule has 1 aliphatic carbocycles. The fourth-order valence-corrected chi connectivity index (χ4v) is 2.60. The molecule has 6 nitrogen and oxygen atoms in total. The summed E-state index contributed by atoms with van der Waals surface area (Å²) in [6.45, 7) is 0.574. The van der Waals surface area contributed by atoms with E-state index in [0.717, 1.165) is 5.56 Å². The highest BCUT2D eigenvalue weighted by atomic mass is 19.4. The molecule has 0 saturated heterocycles. The van der Waals surface area contributed by atoms with Gasteiger partial charge in [-0.25, -0.2) is 4.68 Å². The van der Waals surface area contributed by atoms with Crippen LogP contribution in [0.15, 0.2) is 41.2 Å². The van der Waals surface area contributed by atoms with Crippen LogP contribution in [0.2, 0.25) is 0 Å². The molecule has 2 atom stereocenters. The number of alkyl halides is 3. The summed E-state index contributed by atoms with van der Waals surface area (Å²) in [5.41, 5.74) is 1.67. The second-order valence-corrected chi connectivity index (χ2v) is 5.75. The molecule has 2 aromatic heterocycles. The molecule has 2 heterocycles. The largest absolute Gasteiger partial charge is 0.392 e. The lowest BCUT2D eigenvalue weighted by Crippen LogP contribution is -2.11. The van der Waals surface area contributed by atoms with Gasteiger partial charge in [0.05, 0.1) is 18.7 Å². The molecule has 1 saturated carbocycles. The van der Waals surface area contributed by atoms with Gasteiger partial charge in [0.1, 0.15) is 0 Å². The lowest BCUT2D eigenvalue weighted by atomic mass is 10.1. The van der Waals surface area contributed by atoms with Crippen molar-refractivity contribution in [3.8, 4) is 11.5 Å². The maximum Gasteiger partial charge on any atom is 0.392 e. The van der Waals surface area contributed by atoms with Crippen molar-refractivity contribution < 1.29 is 17.7 Å². The minimum atomic E-state index is -4.20. The van der Waals surface area contributed by atoms with Crippen LogP contribution in [-0.2, 0) is 6.54 Å². The third-order valence-electron chi connectivity index (χ3n) is 4.00. The Morgan fingerprint density at radius 1 is 1.21 bits per heavy atom. The van der Waals surface area contributed by atoms with Crippen molar-refractivity contribution in [1.82, 2.24) is 25.1 Å². The van der Waals surface area contributed by atoms with Crippen molar-refractivity contribution in [2.75, 3.05) is 0 Å². The van der Waals surface area contributed by atoms with Gasteiger partial charge in [0.25, 0.3) is 5.89 Å². The maximum absolute atomic E-state index is 12.6. The predicted molar refractivity (Wildman–Crippen MR) is 75.8 cm³/mol. The molecule has 0 radical (unpaired) electrons. The molecule has 24 heavy (non-hydrogen) atoms. The van der Waals surface area contributed by atoms with Gasteiger partial charge in [-0.1, -0.05) is 22.5 Å². The smallest absolute Gasteiger partial charge is 0.334 e. The lowest BCUT2D eigenvalue weighted by molar-refractivity contribution is -0.148. The zero-order chi connectivity index (χ0) is 16.7. The van der Waals surface area contributed by atoms with Crippen molar-refractivity contribution in [1.29, 1.82) is 0 Å². The molecule has 0 N–H and O–H groups in total. The molecule has 1 aliphatic rings. The summed E-state index contributed by atoms with van der Waals surface area (Å²) in [4.78, 5) is 4.11. The second-order valence-electron chi connectivity index (χ2n) is 5.75. The molecule has 0 bridgehead atoms. The van der Waals surface area contributed by atoms with E-state index in [9.17, 15) is 13.2 Å². The van der Waals surface area contributed by atoms with Crippen LogP contribution in [0.1, 0.15) is 23.7 Å². The van der Waals surface area contributed by atoms with Crippen molar-refractivity contribution in [2.45, 2.75) is 25.1 Å². The van der Waals surface area contributed by atoms with Crippen molar-refractivity contribution in [3.63, 3.8) is 0 Å². The molecule has 0 aliphatic heterocycles. The third kappa shape index (κ3) is 2.89. The Kier molecular flexibility index (Phi) is 3.36. The van der Waals surface area contributed by atoms with Gasteiger partial charge in [-0.2, -0.15) is 18.2 Å². The van der Waals surface area contributed by atoms with Crippen molar-refractivity contribution >= 4 is 0 Å². The van der Waals surface area contributed by atoms with Crippen molar-refractivity contribution in [2.24, 2.45) is 5.92 Å². The molecule has 3 aromatic rings. The minimum Gasteiger partial charge on any atom is -0.334 e. The molecule has 0 unspecified atom stereocenters. The van der Waals surface area contributed by atoms with Crippen LogP contribution in [0.4, 0.5) is 13.2 Å². The summed E-state index contributed by atoms with van der Waals surface area (Å²) in [7, 11) is 0. The van der Waals surface area contributed by atoms with E-state index >= 15 is 0 Å². The third-order valence-corrected chi connectivity index (χ3v) is 4.00. The summed E-state index contributed by atoms with van der Waals surface area (Å²) < 4.78 is 44.6. The topological polar surface area (TPSA) is 69.6 Å². The van der Waals surface area contributed by atoms with Crippen LogP contribution >= 0.6 is 0 Å². The molecule has 1 aromatic carbocycles. The number of halogens is 3. The second kappa shape index (κ2) is 5.43. The zero-order valence-electron chi connectivity index (χ0n) is 12.3. The van der Waals surface area contributed by atoms with Gasteiger partial charge in [-0.15, -0.1) is 5.10 Å².